The topological polar surface area (TPSA) is 66.8 Å². The number of benzene rings is 1. The van der Waals surface area contributed by atoms with Crippen LogP contribution in [0.4, 0.5) is 0 Å². The number of aliphatic hydroxyl groups is 1. The van der Waals surface area contributed by atoms with Crippen LogP contribution in [0.15, 0.2) is 41.3 Å². The minimum absolute atomic E-state index is 0.122. The largest absolute Gasteiger partial charge is 0.507 e. The second kappa shape index (κ2) is 7.43. The number of aliphatic hydroxyl groups excluding tert-OH is 1. The van der Waals surface area contributed by atoms with Crippen LogP contribution in [0.3, 0.4) is 0 Å². The molecule has 0 bridgehead atoms. The molecule has 0 saturated carbocycles. The Kier molecular flexibility index (Phi) is 5.25. The average molecular weight is 371 g/mol. The summed E-state index contributed by atoms with van der Waals surface area (Å²) >= 11 is 1.45. The average Bonchev–Trinajstić information content (AvgIpc) is 3.23. The number of likely N-dealkylation sites (tertiary alicyclic amines) is 1. The fourth-order valence-corrected chi connectivity index (χ4v) is 4.02. The van der Waals surface area contributed by atoms with E-state index >= 15 is 0 Å². The summed E-state index contributed by atoms with van der Waals surface area (Å²) in [6.45, 7) is 4.39. The third-order valence-corrected chi connectivity index (χ3v) is 5.46. The van der Waals surface area contributed by atoms with Gasteiger partial charge in [0, 0.05) is 24.1 Å². The van der Waals surface area contributed by atoms with Crippen molar-refractivity contribution in [3.63, 3.8) is 0 Å². The summed E-state index contributed by atoms with van der Waals surface area (Å²) in [7, 11) is 1.55. The van der Waals surface area contributed by atoms with Gasteiger partial charge in [-0.1, -0.05) is 23.8 Å². The van der Waals surface area contributed by atoms with Crippen molar-refractivity contribution >= 4 is 28.8 Å². The van der Waals surface area contributed by atoms with Gasteiger partial charge in [-0.05, 0) is 36.9 Å². The van der Waals surface area contributed by atoms with Gasteiger partial charge in [0.15, 0.2) is 0 Å². The lowest BCUT2D eigenvalue weighted by Crippen LogP contribution is -2.32. The molecule has 136 valence electrons. The van der Waals surface area contributed by atoms with Gasteiger partial charge in [0.25, 0.3) is 11.7 Å². The summed E-state index contributed by atoms with van der Waals surface area (Å²) in [6.07, 6.45) is 0. The van der Waals surface area contributed by atoms with E-state index in [2.05, 4.69) is 0 Å². The molecule has 2 aromatic rings. The van der Waals surface area contributed by atoms with Gasteiger partial charge in [-0.15, -0.1) is 11.3 Å². The number of amides is 1. The molecule has 0 aliphatic carbocycles. The molecule has 5 nitrogen and oxygen atoms in total. The number of aryl methyl sites for hydroxylation is 2. The second-order valence-electron chi connectivity index (χ2n) is 6.32. The van der Waals surface area contributed by atoms with Crippen LogP contribution in [0.5, 0.6) is 0 Å². The van der Waals surface area contributed by atoms with Crippen molar-refractivity contribution in [2.24, 2.45) is 0 Å². The Balaban J connectivity index is 2.17. The molecular formula is C20H21NO4S. The molecule has 1 N–H and O–H groups in total. The molecule has 1 aromatic heterocycles. The normalized spacial score (nSPS) is 19.3. The van der Waals surface area contributed by atoms with E-state index in [9.17, 15) is 14.7 Å². The third kappa shape index (κ3) is 3.18. The number of ketones is 1. The van der Waals surface area contributed by atoms with E-state index in [0.29, 0.717) is 12.2 Å². The van der Waals surface area contributed by atoms with Gasteiger partial charge >= 0.3 is 0 Å². The van der Waals surface area contributed by atoms with Crippen molar-refractivity contribution in [1.82, 2.24) is 4.90 Å². The Hall–Kier alpha value is -2.44. The highest BCUT2D eigenvalue weighted by atomic mass is 32.1. The molecule has 1 atom stereocenters. The van der Waals surface area contributed by atoms with Gasteiger partial charge in [0.05, 0.1) is 18.2 Å². The van der Waals surface area contributed by atoms with E-state index in [0.717, 1.165) is 16.0 Å². The molecule has 0 spiro atoms. The van der Waals surface area contributed by atoms with Gasteiger partial charge in [-0.25, -0.2) is 0 Å². The maximum Gasteiger partial charge on any atom is 0.295 e. The Morgan fingerprint density at radius 2 is 2.04 bits per heavy atom. The molecule has 1 aliphatic rings. The van der Waals surface area contributed by atoms with Crippen LogP contribution in [0.1, 0.15) is 27.6 Å². The highest BCUT2D eigenvalue weighted by molar-refractivity contribution is 7.10. The first-order valence-corrected chi connectivity index (χ1v) is 9.22. The molecule has 1 amide bonds. The lowest BCUT2D eigenvalue weighted by Gasteiger charge is -2.23. The van der Waals surface area contributed by atoms with Crippen molar-refractivity contribution < 1.29 is 19.4 Å². The molecule has 1 fully saturated rings. The summed E-state index contributed by atoms with van der Waals surface area (Å²) in [4.78, 5) is 27.7. The van der Waals surface area contributed by atoms with Gasteiger partial charge in [0.1, 0.15) is 5.76 Å². The van der Waals surface area contributed by atoms with E-state index in [1.165, 1.54) is 16.2 Å². The minimum Gasteiger partial charge on any atom is -0.507 e. The molecule has 1 saturated heterocycles. The van der Waals surface area contributed by atoms with Crippen molar-refractivity contribution in [2.75, 3.05) is 20.3 Å². The highest BCUT2D eigenvalue weighted by Crippen LogP contribution is 2.41. The first-order chi connectivity index (χ1) is 12.5. The summed E-state index contributed by atoms with van der Waals surface area (Å²) < 4.78 is 5.09. The van der Waals surface area contributed by atoms with Crippen LogP contribution < -0.4 is 0 Å². The molecule has 2 heterocycles. The van der Waals surface area contributed by atoms with Gasteiger partial charge in [-0.3, -0.25) is 9.59 Å². The Bertz CT molecular complexity index is 870. The summed E-state index contributed by atoms with van der Waals surface area (Å²) in [5.74, 6) is -1.38. The highest BCUT2D eigenvalue weighted by Gasteiger charge is 2.46. The molecular weight excluding hydrogens is 350 g/mol. The zero-order chi connectivity index (χ0) is 18.8. The van der Waals surface area contributed by atoms with Gasteiger partial charge in [0.2, 0.25) is 0 Å². The van der Waals surface area contributed by atoms with E-state index in [1.54, 1.807) is 7.11 Å². The maximum absolute atomic E-state index is 12.8. The number of Topliss-reactive ketones (excluding diaryl/α,β-unsaturated/α-hetero) is 1. The Labute approximate surface area is 156 Å². The maximum atomic E-state index is 12.8. The van der Waals surface area contributed by atoms with E-state index in [1.807, 2.05) is 49.6 Å². The van der Waals surface area contributed by atoms with E-state index in [4.69, 9.17) is 4.74 Å². The first kappa shape index (κ1) is 18.4. The fraction of sp³-hybridized carbons (Fsp3) is 0.300. The Morgan fingerprint density at radius 1 is 1.27 bits per heavy atom. The number of carbonyl (C=O) groups is 2. The molecule has 6 heteroatoms. The lowest BCUT2D eigenvalue weighted by molar-refractivity contribution is -0.140. The van der Waals surface area contributed by atoms with Gasteiger partial charge < -0.3 is 14.7 Å². The summed E-state index contributed by atoms with van der Waals surface area (Å²) in [5.41, 5.74) is 2.54. The van der Waals surface area contributed by atoms with Crippen LogP contribution in [-0.2, 0) is 14.3 Å². The predicted molar refractivity (Wildman–Crippen MR) is 101 cm³/mol. The van der Waals surface area contributed by atoms with Crippen LogP contribution in [0.25, 0.3) is 5.76 Å². The number of ether oxygens (including phenoxy) is 1. The molecule has 0 radical (unpaired) electrons. The number of methoxy groups -OCH3 is 1. The quantitative estimate of drug-likeness (QED) is 0.497. The number of carbonyl (C=O) groups excluding carboxylic acids is 2. The van der Waals surface area contributed by atoms with E-state index in [-0.39, 0.29) is 17.9 Å². The number of hydrogen-bond acceptors (Lipinski definition) is 5. The van der Waals surface area contributed by atoms with Crippen LogP contribution in [-0.4, -0.2) is 42.0 Å². The van der Waals surface area contributed by atoms with Crippen LogP contribution >= 0.6 is 11.3 Å². The zero-order valence-electron chi connectivity index (χ0n) is 15.0. The smallest absolute Gasteiger partial charge is 0.295 e. The second-order valence-corrected chi connectivity index (χ2v) is 7.30. The molecule has 1 aromatic carbocycles. The monoisotopic (exact) mass is 371 g/mol. The number of nitrogens with zero attached hydrogens (tertiary/aromatic N) is 1. The predicted octanol–water partition coefficient (Wildman–Crippen LogP) is 3.43. The number of thiophene rings is 1. The first-order valence-electron chi connectivity index (χ1n) is 8.34. The zero-order valence-corrected chi connectivity index (χ0v) is 15.8. The van der Waals surface area contributed by atoms with Crippen molar-refractivity contribution in [3.05, 3.63) is 62.9 Å². The molecule has 1 aliphatic heterocycles. The standard InChI is InChI=1S/C20H21NO4S/c1-12-6-7-13(2)14(11-12)18(22)16-17(15-5-4-10-26-15)21(8-9-25-3)20(24)19(16)23/h4-7,10-11,17,22H,8-9H2,1-3H3/b18-16+. The summed E-state index contributed by atoms with van der Waals surface area (Å²) in [6, 6.07) is 8.82. The van der Waals surface area contributed by atoms with Crippen LogP contribution in [0.2, 0.25) is 0 Å². The van der Waals surface area contributed by atoms with Crippen molar-refractivity contribution in [2.45, 2.75) is 19.9 Å². The number of hydrogen-bond donors (Lipinski definition) is 1. The third-order valence-electron chi connectivity index (χ3n) is 4.54. The van der Waals surface area contributed by atoms with Gasteiger partial charge in [-0.2, -0.15) is 0 Å². The minimum atomic E-state index is -0.655. The molecule has 3 rings (SSSR count). The van der Waals surface area contributed by atoms with Crippen molar-refractivity contribution in [3.8, 4) is 0 Å². The van der Waals surface area contributed by atoms with E-state index < -0.39 is 17.7 Å². The molecule has 26 heavy (non-hydrogen) atoms. The van der Waals surface area contributed by atoms with Crippen LogP contribution in [0, 0.1) is 13.8 Å². The summed E-state index contributed by atoms with van der Waals surface area (Å²) in [5, 5.41) is 12.9. The number of rotatable bonds is 5. The lowest BCUT2D eigenvalue weighted by atomic mass is 9.96. The Morgan fingerprint density at radius 3 is 2.69 bits per heavy atom. The van der Waals surface area contributed by atoms with Crippen molar-refractivity contribution in [1.29, 1.82) is 0 Å². The fourth-order valence-electron chi connectivity index (χ4n) is 3.18. The SMILES string of the molecule is COCCN1C(=O)C(=O)/C(=C(/O)c2cc(C)ccc2C)C1c1cccs1. The molecule has 1 unspecified atom stereocenters.